The first kappa shape index (κ1) is 23.2. The monoisotopic (exact) mass is 472 g/mol. The Morgan fingerprint density at radius 1 is 1.30 bits per heavy atom. The third kappa shape index (κ3) is 4.10. The molecule has 4 rings (SSSR count). The molecule has 0 bridgehead atoms. The van der Waals surface area contributed by atoms with E-state index in [2.05, 4.69) is 15.1 Å². The summed E-state index contributed by atoms with van der Waals surface area (Å²) in [5.41, 5.74) is 5.61. The number of hydrogen-bond donors (Lipinski definition) is 3. The van der Waals surface area contributed by atoms with Crippen LogP contribution >= 0.6 is 11.6 Å². The number of nitrogens with one attached hydrogen (secondary N) is 1. The molecule has 3 aromatic heterocycles. The van der Waals surface area contributed by atoms with Gasteiger partial charge in [0.2, 0.25) is 0 Å². The van der Waals surface area contributed by atoms with E-state index in [0.29, 0.717) is 17.0 Å². The van der Waals surface area contributed by atoms with Crippen molar-refractivity contribution in [3.05, 3.63) is 63.9 Å². The molecule has 0 aliphatic rings. The minimum atomic E-state index is -0.889. The number of methoxy groups -OCH3 is 1. The normalized spacial score (nSPS) is 13.5. The van der Waals surface area contributed by atoms with Crippen LogP contribution in [0.1, 0.15) is 35.4 Å². The highest BCUT2D eigenvalue weighted by molar-refractivity contribution is 6.31. The Bertz CT molecular complexity index is 1320. The van der Waals surface area contributed by atoms with Crippen molar-refractivity contribution in [2.75, 3.05) is 13.7 Å². The Hall–Kier alpha value is -2.94. The van der Waals surface area contributed by atoms with Crippen LogP contribution in [0.3, 0.4) is 0 Å². The molecule has 3 N–H and O–H groups in total. The van der Waals surface area contributed by atoms with Crippen LogP contribution in [0, 0.1) is 19.7 Å². The van der Waals surface area contributed by atoms with Gasteiger partial charge in [-0.25, -0.2) is 9.37 Å². The highest BCUT2D eigenvalue weighted by Gasteiger charge is 2.24. The molecule has 174 valence electrons. The number of nitrogens with zero attached hydrogens (tertiary/aromatic N) is 3. The van der Waals surface area contributed by atoms with E-state index in [1.165, 1.54) is 13.2 Å². The van der Waals surface area contributed by atoms with Gasteiger partial charge in [0.05, 0.1) is 37.1 Å². The minimum Gasteiger partial charge on any atom is -0.496 e. The van der Waals surface area contributed by atoms with Crippen molar-refractivity contribution >= 4 is 22.6 Å². The van der Waals surface area contributed by atoms with Crippen molar-refractivity contribution in [2.24, 2.45) is 0 Å². The van der Waals surface area contributed by atoms with Crippen LogP contribution in [-0.4, -0.2) is 49.8 Å². The van der Waals surface area contributed by atoms with Gasteiger partial charge in [-0.1, -0.05) is 18.5 Å². The fraction of sp³-hybridized carbons (Fsp3) is 0.333. The first-order valence-corrected chi connectivity index (χ1v) is 11.0. The molecule has 0 radical (unpaired) electrons. The van der Waals surface area contributed by atoms with Crippen molar-refractivity contribution < 1.29 is 19.3 Å². The summed E-state index contributed by atoms with van der Waals surface area (Å²) >= 11 is 6.33. The molecule has 9 heteroatoms. The second-order valence-electron chi connectivity index (χ2n) is 8.13. The van der Waals surface area contributed by atoms with Crippen LogP contribution in [-0.2, 0) is 6.54 Å². The molecular formula is C24H26ClFN4O3. The third-order valence-corrected chi connectivity index (χ3v) is 6.42. The van der Waals surface area contributed by atoms with Crippen molar-refractivity contribution in [1.82, 2.24) is 19.7 Å². The van der Waals surface area contributed by atoms with Gasteiger partial charge in [0, 0.05) is 46.1 Å². The summed E-state index contributed by atoms with van der Waals surface area (Å²) in [6.07, 6.45) is 2.74. The Kier molecular flexibility index (Phi) is 6.43. The van der Waals surface area contributed by atoms with E-state index in [4.69, 9.17) is 16.3 Å². The Balaban J connectivity index is 1.81. The maximum absolute atomic E-state index is 14.3. The van der Waals surface area contributed by atoms with Crippen LogP contribution in [0.4, 0.5) is 4.39 Å². The van der Waals surface area contributed by atoms with Crippen molar-refractivity contribution in [3.63, 3.8) is 0 Å². The Morgan fingerprint density at radius 2 is 2.06 bits per heavy atom. The lowest BCUT2D eigenvalue weighted by atomic mass is 9.91. The van der Waals surface area contributed by atoms with E-state index in [0.717, 1.165) is 33.5 Å². The number of aromatic amines is 1. The van der Waals surface area contributed by atoms with Gasteiger partial charge < -0.3 is 19.9 Å². The lowest BCUT2D eigenvalue weighted by Gasteiger charge is -2.17. The number of H-pyrrole nitrogens is 1. The van der Waals surface area contributed by atoms with Crippen molar-refractivity contribution in [2.45, 2.75) is 39.3 Å². The molecule has 33 heavy (non-hydrogen) atoms. The highest BCUT2D eigenvalue weighted by Crippen LogP contribution is 2.41. The van der Waals surface area contributed by atoms with Gasteiger partial charge in [0.15, 0.2) is 0 Å². The van der Waals surface area contributed by atoms with Gasteiger partial charge in [0.25, 0.3) is 0 Å². The van der Waals surface area contributed by atoms with Crippen molar-refractivity contribution in [3.8, 4) is 16.9 Å². The summed E-state index contributed by atoms with van der Waals surface area (Å²) in [5.74, 6) is -0.247. The van der Waals surface area contributed by atoms with E-state index < -0.39 is 11.9 Å². The summed E-state index contributed by atoms with van der Waals surface area (Å²) in [7, 11) is 1.53. The molecule has 0 fully saturated rings. The number of fused-ring (bicyclic) bond motifs is 1. The number of hydrogen-bond acceptors (Lipinski definition) is 5. The molecule has 4 aromatic rings. The smallest absolute Gasteiger partial charge is 0.142 e. The zero-order valence-electron chi connectivity index (χ0n) is 18.9. The predicted molar refractivity (Wildman–Crippen MR) is 125 cm³/mol. The Labute approximate surface area is 195 Å². The quantitative estimate of drug-likeness (QED) is 0.371. The van der Waals surface area contributed by atoms with Crippen molar-refractivity contribution in [1.29, 1.82) is 0 Å². The first-order valence-electron chi connectivity index (χ1n) is 10.6. The second kappa shape index (κ2) is 9.13. The van der Waals surface area contributed by atoms with Crippen LogP contribution in [0.2, 0.25) is 5.02 Å². The average molecular weight is 473 g/mol. The van der Waals surface area contributed by atoms with E-state index in [9.17, 15) is 14.6 Å². The molecule has 0 saturated carbocycles. The number of aliphatic hydroxyl groups is 2. The number of aryl methyl sites for hydroxylation is 1. The number of aliphatic hydroxyl groups excluding tert-OH is 2. The van der Waals surface area contributed by atoms with Gasteiger partial charge in [-0.15, -0.1) is 0 Å². The van der Waals surface area contributed by atoms with Crippen LogP contribution < -0.4 is 4.74 Å². The van der Waals surface area contributed by atoms with E-state index in [-0.39, 0.29) is 24.1 Å². The maximum Gasteiger partial charge on any atom is 0.142 e. The van der Waals surface area contributed by atoms with E-state index in [1.54, 1.807) is 16.9 Å². The summed E-state index contributed by atoms with van der Waals surface area (Å²) < 4.78 is 21.4. The van der Waals surface area contributed by atoms with Crippen LogP contribution in [0.25, 0.3) is 22.2 Å². The minimum absolute atomic E-state index is 0.0377. The number of ether oxygens (including phenoxy) is 1. The second-order valence-corrected chi connectivity index (χ2v) is 8.51. The average Bonchev–Trinajstić information content (AvgIpc) is 3.34. The lowest BCUT2D eigenvalue weighted by Crippen LogP contribution is -2.21. The SMILES string of the molecule is COc1ccc(F)c(Cl)c1C(C)c1c[nH]c2ncc(-c3c(C)nn(CC(O)CO)c3C)cc12. The largest absolute Gasteiger partial charge is 0.496 e. The van der Waals surface area contributed by atoms with Crippen LogP contribution in [0.5, 0.6) is 5.75 Å². The first-order chi connectivity index (χ1) is 15.8. The van der Waals surface area contributed by atoms with Gasteiger partial charge in [0.1, 0.15) is 17.2 Å². The van der Waals surface area contributed by atoms with Gasteiger partial charge in [-0.2, -0.15) is 5.10 Å². The summed E-state index contributed by atoms with van der Waals surface area (Å²) in [6, 6.07) is 4.89. The van der Waals surface area contributed by atoms with Gasteiger partial charge in [-0.05, 0) is 37.6 Å². The van der Waals surface area contributed by atoms with Crippen LogP contribution in [0.15, 0.2) is 30.6 Å². The number of aromatic nitrogens is 4. The fourth-order valence-electron chi connectivity index (χ4n) is 4.35. The predicted octanol–water partition coefficient (Wildman–Crippen LogP) is 4.35. The molecular weight excluding hydrogens is 447 g/mol. The number of rotatable bonds is 7. The highest BCUT2D eigenvalue weighted by atomic mass is 35.5. The summed E-state index contributed by atoms with van der Waals surface area (Å²) in [6.45, 7) is 5.62. The summed E-state index contributed by atoms with van der Waals surface area (Å²) in [4.78, 5) is 7.77. The fourth-order valence-corrected chi connectivity index (χ4v) is 4.67. The zero-order chi connectivity index (χ0) is 23.9. The molecule has 0 amide bonds. The molecule has 3 heterocycles. The summed E-state index contributed by atoms with van der Waals surface area (Å²) in [5, 5.41) is 24.5. The number of halogens is 2. The molecule has 1 aromatic carbocycles. The topological polar surface area (TPSA) is 96.2 Å². The molecule has 0 saturated heterocycles. The zero-order valence-corrected chi connectivity index (χ0v) is 19.6. The molecule has 0 spiro atoms. The molecule has 0 aliphatic heterocycles. The lowest BCUT2D eigenvalue weighted by molar-refractivity contribution is 0.0777. The van der Waals surface area contributed by atoms with E-state index in [1.807, 2.05) is 33.0 Å². The Morgan fingerprint density at radius 3 is 2.76 bits per heavy atom. The molecule has 7 nitrogen and oxygen atoms in total. The number of benzene rings is 1. The van der Waals surface area contributed by atoms with Gasteiger partial charge in [-0.3, -0.25) is 4.68 Å². The number of pyridine rings is 1. The maximum atomic E-state index is 14.3. The molecule has 2 atom stereocenters. The molecule has 0 aliphatic carbocycles. The van der Waals surface area contributed by atoms with Gasteiger partial charge >= 0.3 is 0 Å². The van der Waals surface area contributed by atoms with E-state index >= 15 is 0 Å². The third-order valence-electron chi connectivity index (χ3n) is 6.04. The standard InChI is InChI=1S/C24H26ClFN4O3/c1-12(21-20(33-4)6-5-19(26)23(21)25)18-9-28-24-17(18)7-15(8-27-24)22-13(2)29-30(14(22)3)10-16(32)11-31/h5-9,12,16,31-32H,10-11H2,1-4H3,(H,27,28). The molecule has 2 unspecified atom stereocenters.